The van der Waals surface area contributed by atoms with Gasteiger partial charge in [0.1, 0.15) is 5.82 Å². The first-order valence-corrected chi connectivity index (χ1v) is 10.6. The second kappa shape index (κ2) is 11.4. The smallest absolute Gasteiger partial charge is 0.191 e. The Bertz CT molecular complexity index is 513. The maximum Gasteiger partial charge on any atom is 0.191 e. The number of piperidine rings is 1. The van der Waals surface area contributed by atoms with Crippen molar-refractivity contribution in [3.05, 3.63) is 35.6 Å². The molecule has 1 saturated heterocycles. The molecule has 1 aromatic carbocycles. The van der Waals surface area contributed by atoms with E-state index >= 15 is 0 Å². The summed E-state index contributed by atoms with van der Waals surface area (Å²) < 4.78 is 13.0. The standard InChI is InChI=1S/C19H31FN4S/c1-3-21-19(22-11-4-14-25-2)23-18-9-12-24(13-10-18)15-16-5-7-17(20)8-6-16/h5-8,18H,3-4,9-15H2,1-2H3,(H2,21,22,23). The number of nitrogens with one attached hydrogen (secondary N) is 2. The van der Waals surface area contributed by atoms with E-state index in [1.54, 1.807) is 12.1 Å². The van der Waals surface area contributed by atoms with Gasteiger partial charge in [-0.3, -0.25) is 9.89 Å². The molecule has 1 heterocycles. The van der Waals surface area contributed by atoms with E-state index in [9.17, 15) is 4.39 Å². The van der Waals surface area contributed by atoms with Crippen LogP contribution in [-0.2, 0) is 6.54 Å². The maximum atomic E-state index is 13.0. The summed E-state index contributed by atoms with van der Waals surface area (Å²) in [4.78, 5) is 7.11. The number of hydrogen-bond donors (Lipinski definition) is 2. The van der Waals surface area contributed by atoms with Gasteiger partial charge in [-0.1, -0.05) is 12.1 Å². The van der Waals surface area contributed by atoms with Gasteiger partial charge in [-0.25, -0.2) is 4.39 Å². The van der Waals surface area contributed by atoms with Gasteiger partial charge < -0.3 is 10.6 Å². The van der Waals surface area contributed by atoms with E-state index in [2.05, 4.69) is 33.7 Å². The second-order valence-electron chi connectivity index (χ2n) is 6.43. The first-order valence-electron chi connectivity index (χ1n) is 9.22. The molecule has 0 bridgehead atoms. The summed E-state index contributed by atoms with van der Waals surface area (Å²) >= 11 is 1.87. The number of benzene rings is 1. The fourth-order valence-corrected chi connectivity index (χ4v) is 3.41. The Morgan fingerprint density at radius 3 is 2.64 bits per heavy atom. The van der Waals surface area contributed by atoms with E-state index < -0.39 is 0 Å². The van der Waals surface area contributed by atoms with E-state index in [0.717, 1.165) is 63.7 Å². The Kier molecular flexibility index (Phi) is 9.11. The number of guanidine groups is 1. The van der Waals surface area contributed by atoms with E-state index in [1.807, 2.05) is 23.9 Å². The molecule has 1 aliphatic heterocycles. The van der Waals surface area contributed by atoms with Gasteiger partial charge in [-0.2, -0.15) is 11.8 Å². The Labute approximate surface area is 155 Å². The van der Waals surface area contributed by atoms with Gasteiger partial charge >= 0.3 is 0 Å². The summed E-state index contributed by atoms with van der Waals surface area (Å²) in [5.74, 6) is 1.94. The van der Waals surface area contributed by atoms with Crippen molar-refractivity contribution in [3.8, 4) is 0 Å². The molecule has 1 aromatic rings. The van der Waals surface area contributed by atoms with Crippen molar-refractivity contribution in [1.82, 2.24) is 15.5 Å². The van der Waals surface area contributed by atoms with Crippen LogP contribution in [0.25, 0.3) is 0 Å². The third-order valence-electron chi connectivity index (χ3n) is 4.37. The lowest BCUT2D eigenvalue weighted by atomic mass is 10.0. The molecule has 6 heteroatoms. The van der Waals surface area contributed by atoms with Gasteiger partial charge in [0.25, 0.3) is 0 Å². The average molecular weight is 367 g/mol. The summed E-state index contributed by atoms with van der Waals surface area (Å²) in [6.45, 7) is 6.87. The van der Waals surface area contributed by atoms with Crippen LogP contribution in [0.3, 0.4) is 0 Å². The van der Waals surface area contributed by atoms with Crippen LogP contribution in [0.1, 0.15) is 31.7 Å². The highest BCUT2D eigenvalue weighted by atomic mass is 32.2. The van der Waals surface area contributed by atoms with Gasteiger partial charge in [-0.05, 0) is 55.9 Å². The van der Waals surface area contributed by atoms with Gasteiger partial charge in [0.15, 0.2) is 5.96 Å². The lowest BCUT2D eigenvalue weighted by molar-refractivity contribution is 0.198. The van der Waals surface area contributed by atoms with Crippen LogP contribution in [0.2, 0.25) is 0 Å². The molecule has 1 aliphatic rings. The summed E-state index contributed by atoms with van der Waals surface area (Å²) in [5.41, 5.74) is 1.18. The monoisotopic (exact) mass is 366 g/mol. The molecular weight excluding hydrogens is 335 g/mol. The van der Waals surface area contributed by atoms with Crippen LogP contribution >= 0.6 is 11.8 Å². The molecule has 0 unspecified atom stereocenters. The van der Waals surface area contributed by atoms with Crippen LogP contribution < -0.4 is 10.6 Å². The molecule has 25 heavy (non-hydrogen) atoms. The second-order valence-corrected chi connectivity index (χ2v) is 7.41. The van der Waals surface area contributed by atoms with Crippen LogP contribution in [-0.4, -0.2) is 55.1 Å². The predicted molar refractivity (Wildman–Crippen MR) is 107 cm³/mol. The number of aliphatic imine (C=N–C) groups is 1. The maximum absolute atomic E-state index is 13.0. The molecule has 0 aliphatic carbocycles. The van der Waals surface area contributed by atoms with E-state index in [0.29, 0.717) is 6.04 Å². The highest BCUT2D eigenvalue weighted by Gasteiger charge is 2.20. The van der Waals surface area contributed by atoms with Crippen LogP contribution in [0.4, 0.5) is 4.39 Å². The highest BCUT2D eigenvalue weighted by molar-refractivity contribution is 7.98. The molecule has 2 N–H and O–H groups in total. The molecule has 0 spiro atoms. The fourth-order valence-electron chi connectivity index (χ4n) is 3.00. The Balaban J connectivity index is 1.74. The van der Waals surface area contributed by atoms with Crippen LogP contribution in [0.5, 0.6) is 0 Å². The SMILES string of the molecule is CCNC(=NCCCSC)NC1CCN(Cc2ccc(F)cc2)CC1. The molecular formula is C19H31FN4S. The van der Waals surface area contributed by atoms with Crippen molar-refractivity contribution in [1.29, 1.82) is 0 Å². The minimum atomic E-state index is -0.167. The molecule has 4 nitrogen and oxygen atoms in total. The van der Waals surface area contributed by atoms with Crippen molar-refractivity contribution >= 4 is 17.7 Å². The Morgan fingerprint density at radius 1 is 1.28 bits per heavy atom. The molecule has 0 aromatic heterocycles. The summed E-state index contributed by atoms with van der Waals surface area (Å²) in [6.07, 6.45) is 5.47. The number of nitrogens with zero attached hydrogens (tertiary/aromatic N) is 2. The number of rotatable bonds is 8. The Hall–Kier alpha value is -1.27. The summed E-state index contributed by atoms with van der Waals surface area (Å²) in [6, 6.07) is 7.32. The van der Waals surface area contributed by atoms with E-state index in [4.69, 9.17) is 0 Å². The van der Waals surface area contributed by atoms with Crippen LogP contribution in [0, 0.1) is 5.82 Å². The van der Waals surface area contributed by atoms with Gasteiger partial charge in [0.2, 0.25) is 0 Å². The third kappa shape index (κ3) is 7.65. The quantitative estimate of drug-likeness (QED) is 0.421. The van der Waals surface area contributed by atoms with Crippen molar-refractivity contribution in [3.63, 3.8) is 0 Å². The van der Waals surface area contributed by atoms with Crippen molar-refractivity contribution in [2.45, 2.75) is 38.8 Å². The zero-order valence-corrected chi connectivity index (χ0v) is 16.2. The molecule has 1 fully saturated rings. The molecule has 0 amide bonds. The minimum Gasteiger partial charge on any atom is -0.357 e. The number of hydrogen-bond acceptors (Lipinski definition) is 3. The number of halogens is 1. The predicted octanol–water partition coefficient (Wildman–Crippen LogP) is 3.10. The van der Waals surface area contributed by atoms with Gasteiger partial charge in [-0.15, -0.1) is 0 Å². The van der Waals surface area contributed by atoms with Crippen molar-refractivity contribution in [2.24, 2.45) is 4.99 Å². The molecule has 0 saturated carbocycles. The largest absolute Gasteiger partial charge is 0.357 e. The average Bonchev–Trinajstić information content (AvgIpc) is 2.62. The van der Waals surface area contributed by atoms with Crippen molar-refractivity contribution < 1.29 is 4.39 Å². The zero-order chi connectivity index (χ0) is 17.9. The topological polar surface area (TPSA) is 39.7 Å². The first kappa shape index (κ1) is 20.0. The molecule has 140 valence electrons. The number of thioether (sulfide) groups is 1. The Morgan fingerprint density at radius 2 is 2.00 bits per heavy atom. The zero-order valence-electron chi connectivity index (χ0n) is 15.4. The van der Waals surface area contributed by atoms with Crippen molar-refractivity contribution in [2.75, 3.05) is 38.2 Å². The van der Waals surface area contributed by atoms with E-state index in [1.165, 1.54) is 5.56 Å². The van der Waals surface area contributed by atoms with E-state index in [-0.39, 0.29) is 5.82 Å². The lowest BCUT2D eigenvalue weighted by Crippen LogP contribution is -2.48. The highest BCUT2D eigenvalue weighted by Crippen LogP contribution is 2.14. The summed E-state index contributed by atoms with van der Waals surface area (Å²) in [7, 11) is 0. The lowest BCUT2D eigenvalue weighted by Gasteiger charge is -2.33. The van der Waals surface area contributed by atoms with Gasteiger partial charge in [0, 0.05) is 38.8 Å². The number of likely N-dealkylation sites (tertiary alicyclic amines) is 1. The molecule has 0 atom stereocenters. The minimum absolute atomic E-state index is 0.167. The fraction of sp³-hybridized carbons (Fsp3) is 0.632. The third-order valence-corrected chi connectivity index (χ3v) is 5.07. The normalized spacial score (nSPS) is 16.8. The molecule has 2 rings (SSSR count). The first-order chi connectivity index (χ1) is 12.2. The van der Waals surface area contributed by atoms with Crippen LogP contribution in [0.15, 0.2) is 29.3 Å². The molecule has 0 radical (unpaired) electrons. The summed E-state index contributed by atoms with van der Waals surface area (Å²) in [5, 5.41) is 6.93. The van der Waals surface area contributed by atoms with Gasteiger partial charge in [0.05, 0.1) is 0 Å².